The average molecular weight is 204 g/mol. The van der Waals surface area contributed by atoms with Gasteiger partial charge in [-0.05, 0) is 19.1 Å². The molecule has 0 atom stereocenters. The van der Waals surface area contributed by atoms with Crippen molar-refractivity contribution in [2.45, 2.75) is 33.1 Å². The molecule has 1 aromatic carbocycles. The standard InChI is InChI=1S/C13H16O2/c1-8-11-9(14)6-5-7-10(11)15-12(8)13(2,3)4/h5-7,14H,1-4H3. The van der Waals surface area contributed by atoms with E-state index in [1.165, 1.54) is 0 Å². The fourth-order valence-corrected chi connectivity index (χ4v) is 2.00. The van der Waals surface area contributed by atoms with E-state index < -0.39 is 0 Å². The van der Waals surface area contributed by atoms with Gasteiger partial charge in [-0.25, -0.2) is 0 Å². The molecule has 0 aliphatic rings. The van der Waals surface area contributed by atoms with Crippen LogP contribution >= 0.6 is 0 Å². The van der Waals surface area contributed by atoms with Crippen LogP contribution < -0.4 is 0 Å². The molecule has 0 fully saturated rings. The van der Waals surface area contributed by atoms with Gasteiger partial charge >= 0.3 is 0 Å². The van der Waals surface area contributed by atoms with Crippen LogP contribution in [0, 0.1) is 6.92 Å². The number of benzene rings is 1. The van der Waals surface area contributed by atoms with Gasteiger partial charge in [0.25, 0.3) is 0 Å². The third kappa shape index (κ3) is 1.50. The summed E-state index contributed by atoms with van der Waals surface area (Å²) in [5.41, 5.74) is 1.77. The molecule has 1 N–H and O–H groups in total. The summed E-state index contributed by atoms with van der Waals surface area (Å²) in [6.45, 7) is 8.31. The minimum Gasteiger partial charge on any atom is -0.507 e. The Morgan fingerprint density at radius 3 is 2.40 bits per heavy atom. The largest absolute Gasteiger partial charge is 0.507 e. The molecule has 0 radical (unpaired) electrons. The first-order valence-corrected chi connectivity index (χ1v) is 5.13. The Labute approximate surface area is 89.5 Å². The zero-order chi connectivity index (χ0) is 11.2. The molecule has 0 amide bonds. The Morgan fingerprint density at radius 2 is 1.87 bits per heavy atom. The number of hydrogen-bond donors (Lipinski definition) is 1. The molecule has 1 aromatic heterocycles. The Hall–Kier alpha value is -1.44. The summed E-state index contributed by atoms with van der Waals surface area (Å²) < 4.78 is 5.78. The third-order valence-corrected chi connectivity index (χ3v) is 2.61. The van der Waals surface area contributed by atoms with Crippen molar-refractivity contribution in [3.8, 4) is 5.75 Å². The summed E-state index contributed by atoms with van der Waals surface area (Å²) in [5, 5.41) is 10.6. The first-order valence-electron chi connectivity index (χ1n) is 5.13. The fraction of sp³-hybridized carbons (Fsp3) is 0.385. The maximum atomic E-state index is 9.77. The molecule has 0 saturated heterocycles. The molecule has 0 aliphatic carbocycles. The second-order valence-electron chi connectivity index (χ2n) is 4.96. The van der Waals surface area contributed by atoms with Gasteiger partial charge in [0, 0.05) is 11.0 Å². The number of furan rings is 1. The molecule has 2 aromatic rings. The summed E-state index contributed by atoms with van der Waals surface area (Å²) in [4.78, 5) is 0. The topological polar surface area (TPSA) is 33.4 Å². The lowest BCUT2D eigenvalue weighted by atomic mass is 9.90. The van der Waals surface area contributed by atoms with Crippen LogP contribution in [0.2, 0.25) is 0 Å². The summed E-state index contributed by atoms with van der Waals surface area (Å²) in [6, 6.07) is 5.38. The number of aromatic hydroxyl groups is 1. The second kappa shape index (κ2) is 3.02. The highest BCUT2D eigenvalue weighted by Crippen LogP contribution is 2.37. The van der Waals surface area contributed by atoms with Crippen LogP contribution in [0.4, 0.5) is 0 Å². The molecule has 0 bridgehead atoms. The Morgan fingerprint density at radius 1 is 1.20 bits per heavy atom. The molecule has 2 heteroatoms. The van der Waals surface area contributed by atoms with Gasteiger partial charge < -0.3 is 9.52 Å². The van der Waals surface area contributed by atoms with Crippen LogP contribution in [-0.2, 0) is 5.41 Å². The van der Waals surface area contributed by atoms with E-state index >= 15 is 0 Å². The number of rotatable bonds is 0. The van der Waals surface area contributed by atoms with Gasteiger partial charge in [0.1, 0.15) is 17.1 Å². The van der Waals surface area contributed by atoms with E-state index in [2.05, 4.69) is 20.8 Å². The molecule has 15 heavy (non-hydrogen) atoms. The van der Waals surface area contributed by atoms with Crippen LogP contribution in [0.5, 0.6) is 5.75 Å². The maximum Gasteiger partial charge on any atom is 0.138 e. The van der Waals surface area contributed by atoms with Gasteiger partial charge in [0.2, 0.25) is 0 Å². The molecule has 1 heterocycles. The van der Waals surface area contributed by atoms with E-state index in [9.17, 15) is 5.11 Å². The van der Waals surface area contributed by atoms with Crippen molar-refractivity contribution in [3.05, 3.63) is 29.5 Å². The Bertz CT molecular complexity index is 501. The maximum absolute atomic E-state index is 9.77. The number of aryl methyl sites for hydroxylation is 1. The van der Waals surface area contributed by atoms with Crippen molar-refractivity contribution in [1.29, 1.82) is 0 Å². The summed E-state index contributed by atoms with van der Waals surface area (Å²) in [5.74, 6) is 1.24. The molecule has 2 rings (SSSR count). The van der Waals surface area contributed by atoms with E-state index in [1.807, 2.05) is 13.0 Å². The molecule has 80 valence electrons. The second-order valence-corrected chi connectivity index (χ2v) is 4.96. The Balaban J connectivity index is 2.82. The van der Waals surface area contributed by atoms with E-state index in [0.29, 0.717) is 5.75 Å². The van der Waals surface area contributed by atoms with Crippen molar-refractivity contribution in [3.63, 3.8) is 0 Å². The van der Waals surface area contributed by atoms with Crippen LogP contribution in [0.25, 0.3) is 11.0 Å². The normalized spacial score (nSPS) is 12.3. The number of phenolic OH excluding ortho intramolecular Hbond substituents is 1. The first-order chi connectivity index (χ1) is 6.91. The van der Waals surface area contributed by atoms with Crippen molar-refractivity contribution in [2.24, 2.45) is 0 Å². The number of fused-ring (bicyclic) bond motifs is 1. The lowest BCUT2D eigenvalue weighted by Crippen LogP contribution is -2.10. The van der Waals surface area contributed by atoms with Crippen molar-refractivity contribution < 1.29 is 9.52 Å². The van der Waals surface area contributed by atoms with Crippen LogP contribution in [0.1, 0.15) is 32.1 Å². The summed E-state index contributed by atoms with van der Waals surface area (Å²) >= 11 is 0. The lowest BCUT2D eigenvalue weighted by Gasteiger charge is -2.15. The number of hydrogen-bond acceptors (Lipinski definition) is 2. The SMILES string of the molecule is Cc1c(C(C)(C)C)oc2cccc(O)c12. The predicted molar refractivity (Wildman–Crippen MR) is 61.3 cm³/mol. The Kier molecular flexibility index (Phi) is 2.03. The lowest BCUT2D eigenvalue weighted by molar-refractivity contribution is 0.426. The fourth-order valence-electron chi connectivity index (χ4n) is 2.00. The van der Waals surface area contributed by atoms with Crippen molar-refractivity contribution in [1.82, 2.24) is 0 Å². The van der Waals surface area contributed by atoms with Gasteiger partial charge in [-0.3, -0.25) is 0 Å². The minimum absolute atomic E-state index is 0.0322. The predicted octanol–water partition coefficient (Wildman–Crippen LogP) is 3.74. The van der Waals surface area contributed by atoms with E-state index in [4.69, 9.17) is 4.42 Å². The molecule has 0 unspecified atom stereocenters. The van der Waals surface area contributed by atoms with Gasteiger partial charge in [-0.15, -0.1) is 0 Å². The number of phenols is 1. The van der Waals surface area contributed by atoms with Crippen molar-refractivity contribution >= 4 is 11.0 Å². The highest BCUT2D eigenvalue weighted by atomic mass is 16.3. The molecule has 0 aliphatic heterocycles. The summed E-state index contributed by atoms with van der Waals surface area (Å²) in [6.07, 6.45) is 0. The van der Waals surface area contributed by atoms with E-state index in [-0.39, 0.29) is 5.41 Å². The quantitative estimate of drug-likeness (QED) is 0.709. The smallest absolute Gasteiger partial charge is 0.138 e. The highest BCUT2D eigenvalue weighted by molar-refractivity contribution is 5.88. The van der Waals surface area contributed by atoms with E-state index in [1.54, 1.807) is 12.1 Å². The van der Waals surface area contributed by atoms with Gasteiger partial charge in [-0.2, -0.15) is 0 Å². The van der Waals surface area contributed by atoms with Crippen molar-refractivity contribution in [2.75, 3.05) is 0 Å². The van der Waals surface area contributed by atoms with Crippen LogP contribution in [-0.4, -0.2) is 5.11 Å². The van der Waals surface area contributed by atoms with Gasteiger partial charge in [0.05, 0.1) is 5.39 Å². The molecular formula is C13H16O2. The summed E-state index contributed by atoms with van der Waals surface area (Å²) in [7, 11) is 0. The van der Waals surface area contributed by atoms with Crippen LogP contribution in [0.15, 0.2) is 22.6 Å². The molecule has 0 saturated carbocycles. The zero-order valence-corrected chi connectivity index (χ0v) is 9.59. The third-order valence-electron chi connectivity index (χ3n) is 2.61. The first kappa shape index (κ1) is 10.1. The van der Waals surface area contributed by atoms with Gasteiger partial charge in [0.15, 0.2) is 0 Å². The zero-order valence-electron chi connectivity index (χ0n) is 9.59. The monoisotopic (exact) mass is 204 g/mol. The highest BCUT2D eigenvalue weighted by Gasteiger charge is 2.23. The average Bonchev–Trinajstić information content (AvgIpc) is 2.44. The van der Waals surface area contributed by atoms with Crippen LogP contribution in [0.3, 0.4) is 0 Å². The molecule has 0 spiro atoms. The molecular weight excluding hydrogens is 188 g/mol. The van der Waals surface area contributed by atoms with Gasteiger partial charge in [-0.1, -0.05) is 26.8 Å². The molecule has 2 nitrogen and oxygen atoms in total. The van der Waals surface area contributed by atoms with E-state index in [0.717, 1.165) is 22.3 Å². The minimum atomic E-state index is -0.0322.